The number of nitrogens with one attached hydrogen (secondary N) is 2. The molecule has 17 heavy (non-hydrogen) atoms. The van der Waals surface area contributed by atoms with E-state index >= 15 is 0 Å². The predicted octanol–water partition coefficient (Wildman–Crippen LogP) is 2.07. The SMILES string of the molecule is C[C@@H]1CC(C)(C)C[C@H]1N[C@@H]1CCCCNC1=O. The number of rotatable bonds is 2. The van der Waals surface area contributed by atoms with Crippen LogP contribution in [0.1, 0.15) is 52.9 Å². The summed E-state index contributed by atoms with van der Waals surface area (Å²) in [6, 6.07) is 0.553. The normalized spacial score (nSPS) is 37.6. The molecule has 3 nitrogen and oxygen atoms in total. The highest BCUT2D eigenvalue weighted by Crippen LogP contribution is 2.41. The molecular weight excluding hydrogens is 212 g/mol. The van der Waals surface area contributed by atoms with E-state index in [0.29, 0.717) is 17.4 Å². The third-order valence-corrected chi connectivity index (χ3v) is 4.28. The Kier molecular flexibility index (Phi) is 3.76. The molecule has 0 aromatic rings. The number of amides is 1. The summed E-state index contributed by atoms with van der Waals surface area (Å²) < 4.78 is 0. The lowest BCUT2D eigenvalue weighted by Crippen LogP contribution is -2.48. The molecule has 2 N–H and O–H groups in total. The van der Waals surface area contributed by atoms with Crippen LogP contribution in [0.25, 0.3) is 0 Å². The Morgan fingerprint density at radius 3 is 2.71 bits per heavy atom. The molecule has 0 bridgehead atoms. The molecule has 0 unspecified atom stereocenters. The zero-order chi connectivity index (χ0) is 12.5. The lowest BCUT2D eigenvalue weighted by Gasteiger charge is -2.24. The number of carbonyl (C=O) groups is 1. The average Bonchev–Trinajstić information content (AvgIpc) is 2.38. The fourth-order valence-electron chi connectivity index (χ4n) is 3.47. The van der Waals surface area contributed by atoms with Crippen molar-refractivity contribution in [3.63, 3.8) is 0 Å². The van der Waals surface area contributed by atoms with E-state index in [2.05, 4.69) is 31.4 Å². The second kappa shape index (κ2) is 4.97. The molecule has 3 heteroatoms. The first-order valence-corrected chi connectivity index (χ1v) is 7.02. The Balaban J connectivity index is 1.93. The summed E-state index contributed by atoms with van der Waals surface area (Å²) in [6.45, 7) is 7.82. The first-order valence-electron chi connectivity index (χ1n) is 7.02. The van der Waals surface area contributed by atoms with Crippen molar-refractivity contribution in [3.8, 4) is 0 Å². The van der Waals surface area contributed by atoms with Gasteiger partial charge in [0.15, 0.2) is 0 Å². The van der Waals surface area contributed by atoms with Gasteiger partial charge in [-0.1, -0.05) is 20.8 Å². The lowest BCUT2D eigenvalue weighted by molar-refractivity contribution is -0.123. The van der Waals surface area contributed by atoms with Gasteiger partial charge in [0.1, 0.15) is 0 Å². The van der Waals surface area contributed by atoms with E-state index in [1.165, 1.54) is 12.8 Å². The molecule has 1 heterocycles. The molecule has 3 atom stereocenters. The number of hydrogen-bond donors (Lipinski definition) is 2. The molecular formula is C14H26N2O. The summed E-state index contributed by atoms with van der Waals surface area (Å²) in [5.41, 5.74) is 0.429. The minimum atomic E-state index is 0.0406. The van der Waals surface area contributed by atoms with Crippen molar-refractivity contribution in [2.24, 2.45) is 11.3 Å². The highest BCUT2D eigenvalue weighted by atomic mass is 16.2. The Labute approximate surface area is 105 Å². The summed E-state index contributed by atoms with van der Waals surface area (Å²) in [5, 5.41) is 6.60. The fourth-order valence-corrected chi connectivity index (χ4v) is 3.47. The Hall–Kier alpha value is -0.570. The zero-order valence-electron chi connectivity index (χ0n) is 11.4. The molecule has 2 fully saturated rings. The standard InChI is InChI=1S/C14H26N2O/c1-10-8-14(2,3)9-12(10)16-11-6-4-5-7-15-13(11)17/h10-12,16H,4-9H2,1-3H3,(H,15,17)/t10-,11-,12-/m1/s1. The molecule has 1 saturated carbocycles. The van der Waals surface area contributed by atoms with E-state index in [4.69, 9.17) is 0 Å². The molecule has 0 aromatic carbocycles. The van der Waals surface area contributed by atoms with Gasteiger partial charge in [0, 0.05) is 12.6 Å². The van der Waals surface area contributed by atoms with Crippen molar-refractivity contribution in [2.75, 3.05) is 6.54 Å². The van der Waals surface area contributed by atoms with Crippen LogP contribution in [-0.4, -0.2) is 24.5 Å². The van der Waals surface area contributed by atoms with Crippen LogP contribution in [0.3, 0.4) is 0 Å². The quantitative estimate of drug-likeness (QED) is 0.773. The van der Waals surface area contributed by atoms with Crippen LogP contribution in [0.5, 0.6) is 0 Å². The topological polar surface area (TPSA) is 41.1 Å². The van der Waals surface area contributed by atoms with Gasteiger partial charge in [-0.25, -0.2) is 0 Å². The van der Waals surface area contributed by atoms with Crippen molar-refractivity contribution >= 4 is 5.91 Å². The summed E-state index contributed by atoms with van der Waals surface area (Å²) in [4.78, 5) is 11.9. The van der Waals surface area contributed by atoms with Crippen molar-refractivity contribution in [1.82, 2.24) is 10.6 Å². The van der Waals surface area contributed by atoms with Crippen LogP contribution in [0.2, 0.25) is 0 Å². The first kappa shape index (κ1) is 12.9. The highest BCUT2D eigenvalue weighted by Gasteiger charge is 2.38. The second-order valence-corrected chi connectivity index (χ2v) is 6.66. The number of hydrogen-bond acceptors (Lipinski definition) is 2. The van der Waals surface area contributed by atoms with E-state index in [0.717, 1.165) is 25.8 Å². The van der Waals surface area contributed by atoms with Crippen molar-refractivity contribution in [1.29, 1.82) is 0 Å². The number of carbonyl (C=O) groups excluding carboxylic acids is 1. The molecule has 98 valence electrons. The van der Waals surface area contributed by atoms with E-state index in [1.807, 2.05) is 0 Å². The molecule has 1 aliphatic carbocycles. The molecule has 2 rings (SSSR count). The van der Waals surface area contributed by atoms with E-state index in [1.54, 1.807) is 0 Å². The largest absolute Gasteiger partial charge is 0.355 e. The van der Waals surface area contributed by atoms with Crippen LogP contribution in [0.4, 0.5) is 0 Å². The molecule has 1 amide bonds. The van der Waals surface area contributed by atoms with Gasteiger partial charge in [0.25, 0.3) is 0 Å². The van der Waals surface area contributed by atoms with Crippen molar-refractivity contribution in [2.45, 2.75) is 65.0 Å². The van der Waals surface area contributed by atoms with Crippen molar-refractivity contribution < 1.29 is 4.79 Å². The monoisotopic (exact) mass is 238 g/mol. The third-order valence-electron chi connectivity index (χ3n) is 4.28. The molecule has 1 saturated heterocycles. The minimum Gasteiger partial charge on any atom is -0.355 e. The van der Waals surface area contributed by atoms with Crippen LogP contribution in [0, 0.1) is 11.3 Å². The maximum atomic E-state index is 11.9. The first-order chi connectivity index (χ1) is 7.98. The van der Waals surface area contributed by atoms with Gasteiger partial charge in [-0.15, -0.1) is 0 Å². The van der Waals surface area contributed by atoms with Gasteiger partial charge in [-0.3, -0.25) is 4.79 Å². The Bertz CT molecular complexity index is 288. The third kappa shape index (κ3) is 3.21. The fraction of sp³-hybridized carbons (Fsp3) is 0.929. The van der Waals surface area contributed by atoms with Gasteiger partial charge < -0.3 is 10.6 Å². The van der Waals surface area contributed by atoms with Crippen LogP contribution >= 0.6 is 0 Å². The molecule has 0 radical (unpaired) electrons. The smallest absolute Gasteiger partial charge is 0.237 e. The van der Waals surface area contributed by atoms with Gasteiger partial charge in [-0.05, 0) is 43.4 Å². The van der Waals surface area contributed by atoms with E-state index in [-0.39, 0.29) is 11.9 Å². The van der Waals surface area contributed by atoms with E-state index < -0.39 is 0 Å². The molecule has 1 aliphatic heterocycles. The van der Waals surface area contributed by atoms with Gasteiger partial charge >= 0.3 is 0 Å². The second-order valence-electron chi connectivity index (χ2n) is 6.66. The summed E-state index contributed by atoms with van der Waals surface area (Å²) in [7, 11) is 0. The molecule has 0 spiro atoms. The van der Waals surface area contributed by atoms with Crippen LogP contribution < -0.4 is 10.6 Å². The summed E-state index contributed by atoms with van der Waals surface area (Å²) in [5.74, 6) is 0.889. The zero-order valence-corrected chi connectivity index (χ0v) is 11.4. The maximum Gasteiger partial charge on any atom is 0.237 e. The van der Waals surface area contributed by atoms with Gasteiger partial charge in [0.2, 0.25) is 5.91 Å². The Morgan fingerprint density at radius 1 is 1.29 bits per heavy atom. The Morgan fingerprint density at radius 2 is 2.06 bits per heavy atom. The lowest BCUT2D eigenvalue weighted by atomic mass is 9.91. The van der Waals surface area contributed by atoms with E-state index in [9.17, 15) is 4.79 Å². The highest BCUT2D eigenvalue weighted by molar-refractivity contribution is 5.81. The molecule has 0 aromatic heterocycles. The van der Waals surface area contributed by atoms with Crippen LogP contribution in [-0.2, 0) is 4.79 Å². The summed E-state index contributed by atoms with van der Waals surface area (Å²) >= 11 is 0. The van der Waals surface area contributed by atoms with Gasteiger partial charge in [0.05, 0.1) is 6.04 Å². The van der Waals surface area contributed by atoms with Gasteiger partial charge in [-0.2, -0.15) is 0 Å². The average molecular weight is 238 g/mol. The minimum absolute atomic E-state index is 0.0406. The molecule has 2 aliphatic rings. The maximum absolute atomic E-state index is 11.9. The van der Waals surface area contributed by atoms with Crippen molar-refractivity contribution in [3.05, 3.63) is 0 Å². The predicted molar refractivity (Wildman–Crippen MR) is 69.8 cm³/mol. The summed E-state index contributed by atoms with van der Waals surface area (Å²) in [6.07, 6.45) is 5.73. The van der Waals surface area contributed by atoms with Crippen LogP contribution in [0.15, 0.2) is 0 Å².